The minimum atomic E-state index is -0.244. The van der Waals surface area contributed by atoms with Crippen LogP contribution in [0.4, 0.5) is 0 Å². The summed E-state index contributed by atoms with van der Waals surface area (Å²) in [5, 5.41) is 20.5. The number of nitrogens with zero attached hydrogens (tertiary/aromatic N) is 1. The van der Waals surface area contributed by atoms with Crippen LogP contribution in [-0.2, 0) is 6.42 Å². The second-order valence-electron chi connectivity index (χ2n) is 5.81. The van der Waals surface area contributed by atoms with Crippen molar-refractivity contribution in [2.75, 3.05) is 14.1 Å². The van der Waals surface area contributed by atoms with Crippen LogP contribution in [0, 0.1) is 6.92 Å². The normalized spacial score (nSPS) is 16.7. The molecule has 1 aliphatic carbocycles. The van der Waals surface area contributed by atoms with E-state index in [1.165, 1.54) is 11.1 Å². The van der Waals surface area contributed by atoms with Gasteiger partial charge in [-0.2, -0.15) is 0 Å². The number of aromatic hydroxyl groups is 2. The van der Waals surface area contributed by atoms with Gasteiger partial charge in [0.05, 0.1) is 5.02 Å². The maximum Gasteiger partial charge on any atom is 0.177 e. The van der Waals surface area contributed by atoms with Crippen LogP contribution in [0.1, 0.15) is 22.7 Å². The van der Waals surface area contributed by atoms with Gasteiger partial charge in [-0.3, -0.25) is 0 Å². The molecule has 110 valence electrons. The van der Waals surface area contributed by atoms with Crippen LogP contribution in [0.5, 0.6) is 11.5 Å². The smallest absolute Gasteiger partial charge is 0.177 e. The van der Waals surface area contributed by atoms with Gasteiger partial charge in [0.25, 0.3) is 0 Å². The van der Waals surface area contributed by atoms with Gasteiger partial charge in [-0.1, -0.05) is 29.8 Å². The summed E-state index contributed by atoms with van der Waals surface area (Å²) in [4.78, 5) is 2.17. The summed E-state index contributed by atoms with van der Waals surface area (Å²) >= 11 is 6.01. The van der Waals surface area contributed by atoms with E-state index in [-0.39, 0.29) is 22.6 Å². The number of rotatable bonds is 1. The molecule has 2 aromatic rings. The van der Waals surface area contributed by atoms with E-state index in [4.69, 9.17) is 11.6 Å². The van der Waals surface area contributed by atoms with Crippen LogP contribution in [0.2, 0.25) is 5.02 Å². The molecule has 4 heteroatoms. The Bertz CT molecular complexity index is 725. The number of aryl methyl sites for hydroxylation is 1. The van der Waals surface area contributed by atoms with Crippen molar-refractivity contribution in [2.45, 2.75) is 19.4 Å². The number of phenolic OH excluding ortho intramolecular Hbond substituents is 2. The Balaban J connectivity index is 2.36. The SMILES string of the molecule is Cc1cccc2c1C(N(C)C)Cc1cc(Cl)c(O)c(O)c1-2. The first-order valence-electron chi connectivity index (χ1n) is 6.91. The Hall–Kier alpha value is -1.71. The summed E-state index contributed by atoms with van der Waals surface area (Å²) in [5.74, 6) is -0.368. The van der Waals surface area contributed by atoms with Gasteiger partial charge in [0.1, 0.15) is 0 Å². The molecule has 0 amide bonds. The predicted octanol–water partition coefficient (Wildman–Crippen LogP) is 3.89. The van der Waals surface area contributed by atoms with Gasteiger partial charge in [-0.05, 0) is 55.8 Å². The highest BCUT2D eigenvalue weighted by molar-refractivity contribution is 6.32. The summed E-state index contributed by atoms with van der Waals surface area (Å²) < 4.78 is 0. The van der Waals surface area contributed by atoms with Crippen LogP contribution in [-0.4, -0.2) is 29.2 Å². The largest absolute Gasteiger partial charge is 0.504 e. The average Bonchev–Trinajstić information content (AvgIpc) is 2.43. The van der Waals surface area contributed by atoms with E-state index in [0.717, 1.165) is 17.5 Å². The Morgan fingerprint density at radius 2 is 1.90 bits per heavy atom. The average molecular weight is 304 g/mol. The zero-order chi connectivity index (χ0) is 15.3. The molecule has 0 bridgehead atoms. The topological polar surface area (TPSA) is 43.7 Å². The molecule has 2 aromatic carbocycles. The number of likely N-dealkylation sites (N-methyl/N-ethyl adjacent to an activating group) is 1. The molecule has 0 saturated carbocycles. The zero-order valence-electron chi connectivity index (χ0n) is 12.3. The van der Waals surface area contributed by atoms with Gasteiger partial charge >= 0.3 is 0 Å². The molecule has 0 spiro atoms. The van der Waals surface area contributed by atoms with Crippen molar-refractivity contribution in [3.63, 3.8) is 0 Å². The first kappa shape index (κ1) is 14.2. The molecule has 1 unspecified atom stereocenters. The van der Waals surface area contributed by atoms with Crippen molar-refractivity contribution in [3.8, 4) is 22.6 Å². The second-order valence-corrected chi connectivity index (χ2v) is 6.22. The Kier molecular flexibility index (Phi) is 3.34. The summed E-state index contributed by atoms with van der Waals surface area (Å²) in [6, 6.07) is 8.03. The first-order valence-corrected chi connectivity index (χ1v) is 7.29. The summed E-state index contributed by atoms with van der Waals surface area (Å²) in [5.41, 5.74) is 5.03. The van der Waals surface area contributed by atoms with E-state index in [2.05, 4.69) is 17.9 Å². The molecular weight excluding hydrogens is 286 g/mol. The lowest BCUT2D eigenvalue weighted by atomic mass is 9.79. The minimum absolute atomic E-state index is 0.124. The molecule has 1 aliphatic rings. The second kappa shape index (κ2) is 4.93. The van der Waals surface area contributed by atoms with Crippen LogP contribution < -0.4 is 0 Å². The number of halogens is 1. The lowest BCUT2D eigenvalue weighted by Crippen LogP contribution is -2.26. The molecule has 0 heterocycles. The lowest BCUT2D eigenvalue weighted by molar-refractivity contribution is 0.294. The monoisotopic (exact) mass is 303 g/mol. The van der Waals surface area contributed by atoms with Gasteiger partial charge in [0.2, 0.25) is 0 Å². The van der Waals surface area contributed by atoms with Gasteiger partial charge in [0, 0.05) is 11.6 Å². The first-order chi connectivity index (χ1) is 9.91. The fourth-order valence-corrected chi connectivity index (χ4v) is 3.45. The standard InChI is InChI=1S/C17H18ClNO2/c1-9-5-4-6-11-14(9)13(19(2)3)8-10-7-12(18)16(20)17(21)15(10)11/h4-7,13,20-21H,8H2,1-3H3. The van der Waals surface area contributed by atoms with E-state index in [0.29, 0.717) is 5.56 Å². The highest BCUT2D eigenvalue weighted by Crippen LogP contribution is 2.50. The molecule has 0 fully saturated rings. The van der Waals surface area contributed by atoms with Crippen LogP contribution in [0.3, 0.4) is 0 Å². The van der Waals surface area contributed by atoms with Crippen molar-refractivity contribution < 1.29 is 10.2 Å². The Morgan fingerprint density at radius 3 is 2.57 bits per heavy atom. The maximum atomic E-state index is 10.3. The highest BCUT2D eigenvalue weighted by Gasteiger charge is 2.31. The predicted molar refractivity (Wildman–Crippen MR) is 85.1 cm³/mol. The molecular formula is C17H18ClNO2. The van der Waals surface area contributed by atoms with Gasteiger partial charge in [-0.25, -0.2) is 0 Å². The number of hydrogen-bond acceptors (Lipinski definition) is 3. The van der Waals surface area contributed by atoms with Crippen LogP contribution >= 0.6 is 11.6 Å². The van der Waals surface area contributed by atoms with Gasteiger partial charge in [0.15, 0.2) is 11.5 Å². The van der Waals surface area contributed by atoms with Crippen LogP contribution in [0.15, 0.2) is 24.3 Å². The van der Waals surface area contributed by atoms with E-state index in [1.54, 1.807) is 6.07 Å². The summed E-state index contributed by atoms with van der Waals surface area (Å²) in [7, 11) is 4.10. The molecule has 0 radical (unpaired) electrons. The van der Waals surface area contributed by atoms with E-state index < -0.39 is 0 Å². The van der Waals surface area contributed by atoms with Crippen molar-refractivity contribution in [1.29, 1.82) is 0 Å². The molecule has 3 rings (SSSR count). The van der Waals surface area contributed by atoms with E-state index >= 15 is 0 Å². The van der Waals surface area contributed by atoms with Gasteiger partial charge in [-0.15, -0.1) is 0 Å². The highest BCUT2D eigenvalue weighted by atomic mass is 35.5. The zero-order valence-corrected chi connectivity index (χ0v) is 13.1. The Labute approximate surface area is 129 Å². The third-order valence-electron chi connectivity index (χ3n) is 4.27. The quantitative estimate of drug-likeness (QED) is 0.786. The molecule has 21 heavy (non-hydrogen) atoms. The van der Waals surface area contributed by atoms with E-state index in [1.807, 2.05) is 26.2 Å². The maximum absolute atomic E-state index is 10.3. The molecule has 0 saturated heterocycles. The summed E-state index contributed by atoms with van der Waals surface area (Å²) in [6.45, 7) is 2.08. The molecule has 0 aliphatic heterocycles. The van der Waals surface area contributed by atoms with Crippen LogP contribution in [0.25, 0.3) is 11.1 Å². The molecule has 1 atom stereocenters. The van der Waals surface area contributed by atoms with Gasteiger partial charge < -0.3 is 15.1 Å². The minimum Gasteiger partial charge on any atom is -0.504 e. The number of fused-ring (bicyclic) bond motifs is 3. The third-order valence-corrected chi connectivity index (χ3v) is 4.56. The molecule has 3 nitrogen and oxygen atoms in total. The Morgan fingerprint density at radius 1 is 1.19 bits per heavy atom. The fourth-order valence-electron chi connectivity index (χ4n) is 3.23. The summed E-state index contributed by atoms with van der Waals surface area (Å²) in [6.07, 6.45) is 0.758. The van der Waals surface area contributed by atoms with Crippen molar-refractivity contribution >= 4 is 11.6 Å². The number of benzene rings is 2. The fraction of sp³-hybridized carbons (Fsp3) is 0.294. The lowest BCUT2D eigenvalue weighted by Gasteiger charge is -2.34. The molecule has 0 aromatic heterocycles. The van der Waals surface area contributed by atoms with E-state index in [9.17, 15) is 10.2 Å². The van der Waals surface area contributed by atoms with Crippen molar-refractivity contribution in [3.05, 3.63) is 46.0 Å². The number of hydrogen-bond donors (Lipinski definition) is 2. The van der Waals surface area contributed by atoms with Crippen molar-refractivity contribution in [1.82, 2.24) is 4.90 Å². The van der Waals surface area contributed by atoms with Crippen molar-refractivity contribution in [2.24, 2.45) is 0 Å². The number of phenols is 2. The molecule has 2 N–H and O–H groups in total. The third kappa shape index (κ3) is 2.08.